The smallest absolute Gasteiger partial charge is 0.341 e. The molecule has 17 heavy (non-hydrogen) atoms. The van der Waals surface area contributed by atoms with E-state index in [-0.39, 0.29) is 0 Å². The zero-order valence-electron chi connectivity index (χ0n) is 10.3. The molecule has 0 heterocycles. The van der Waals surface area contributed by atoms with Gasteiger partial charge < -0.3 is 14.2 Å². The molecule has 0 aliphatic heterocycles. The van der Waals surface area contributed by atoms with E-state index in [0.29, 0.717) is 23.5 Å². The zero-order valence-corrected chi connectivity index (χ0v) is 10.3. The number of ether oxygens (including phenoxy) is 3. The molecule has 0 unspecified atom stereocenters. The quantitative estimate of drug-likeness (QED) is 0.581. The summed E-state index contributed by atoms with van der Waals surface area (Å²) in [4.78, 5) is 11.6. The van der Waals surface area contributed by atoms with Gasteiger partial charge in [-0.2, -0.15) is 0 Å². The van der Waals surface area contributed by atoms with Crippen LogP contribution in [0.2, 0.25) is 0 Å². The molecule has 0 aliphatic carbocycles. The lowest BCUT2D eigenvalue weighted by Gasteiger charge is -2.13. The number of benzene rings is 1. The third-order valence-electron chi connectivity index (χ3n) is 2.32. The van der Waals surface area contributed by atoms with Crippen LogP contribution < -0.4 is 9.47 Å². The summed E-state index contributed by atoms with van der Waals surface area (Å²) in [6.07, 6.45) is 2.40. The van der Waals surface area contributed by atoms with Crippen molar-refractivity contribution < 1.29 is 19.0 Å². The van der Waals surface area contributed by atoms with E-state index in [2.05, 4.69) is 6.58 Å². The number of esters is 1. The van der Waals surface area contributed by atoms with Gasteiger partial charge in [-0.3, -0.25) is 0 Å². The number of carbonyl (C=O) groups is 1. The second-order valence-electron chi connectivity index (χ2n) is 3.36. The van der Waals surface area contributed by atoms with E-state index in [1.165, 1.54) is 21.3 Å². The highest BCUT2D eigenvalue weighted by Gasteiger charge is 2.18. The molecule has 0 amide bonds. The molecule has 0 aromatic heterocycles. The first-order valence-corrected chi connectivity index (χ1v) is 5.12. The van der Waals surface area contributed by atoms with E-state index < -0.39 is 5.97 Å². The molecule has 4 nitrogen and oxygen atoms in total. The minimum absolute atomic E-state index is 0.353. The third kappa shape index (κ3) is 2.78. The van der Waals surface area contributed by atoms with Gasteiger partial charge in [-0.05, 0) is 24.1 Å². The van der Waals surface area contributed by atoms with Gasteiger partial charge in [-0.15, -0.1) is 6.58 Å². The highest BCUT2D eigenvalue weighted by atomic mass is 16.5. The number of methoxy groups -OCH3 is 3. The molecule has 1 aromatic rings. The third-order valence-corrected chi connectivity index (χ3v) is 2.32. The van der Waals surface area contributed by atoms with Crippen molar-refractivity contribution in [3.05, 3.63) is 35.9 Å². The Balaban J connectivity index is 3.36. The molecule has 0 spiro atoms. The standard InChI is InChI=1S/C13H16O4/c1-5-6-9-7-10(13(14)17-4)12(16-3)11(8-9)15-2/h5,7-8H,1,6H2,2-4H3. The maximum atomic E-state index is 11.6. The van der Waals surface area contributed by atoms with Gasteiger partial charge in [0, 0.05) is 0 Å². The molecule has 0 bridgehead atoms. The Morgan fingerprint density at radius 1 is 1.29 bits per heavy atom. The van der Waals surface area contributed by atoms with Gasteiger partial charge in [-0.1, -0.05) is 6.08 Å². The van der Waals surface area contributed by atoms with Crippen LogP contribution in [0.4, 0.5) is 0 Å². The first-order valence-electron chi connectivity index (χ1n) is 5.12. The molecule has 0 aliphatic rings. The zero-order chi connectivity index (χ0) is 12.8. The van der Waals surface area contributed by atoms with Gasteiger partial charge in [0.15, 0.2) is 11.5 Å². The number of hydrogen-bond acceptors (Lipinski definition) is 4. The van der Waals surface area contributed by atoms with Crippen LogP contribution >= 0.6 is 0 Å². The largest absolute Gasteiger partial charge is 0.493 e. The highest BCUT2D eigenvalue weighted by molar-refractivity contribution is 5.93. The van der Waals surface area contributed by atoms with Gasteiger partial charge in [-0.25, -0.2) is 4.79 Å². The fourth-order valence-electron chi connectivity index (χ4n) is 1.57. The van der Waals surface area contributed by atoms with Crippen LogP contribution in [-0.2, 0) is 11.2 Å². The molecule has 0 atom stereocenters. The molecule has 0 fully saturated rings. The Kier molecular flexibility index (Phi) is 4.57. The predicted molar refractivity (Wildman–Crippen MR) is 64.8 cm³/mol. The lowest BCUT2D eigenvalue weighted by atomic mass is 10.1. The van der Waals surface area contributed by atoms with E-state index in [9.17, 15) is 4.79 Å². The summed E-state index contributed by atoms with van der Waals surface area (Å²) < 4.78 is 15.1. The number of carbonyl (C=O) groups excluding carboxylic acids is 1. The first kappa shape index (κ1) is 13.1. The van der Waals surface area contributed by atoms with E-state index in [1.807, 2.05) is 6.07 Å². The van der Waals surface area contributed by atoms with Crippen LogP contribution in [0.1, 0.15) is 15.9 Å². The summed E-state index contributed by atoms with van der Waals surface area (Å²) in [5.74, 6) is 0.436. The fourth-order valence-corrected chi connectivity index (χ4v) is 1.57. The summed E-state index contributed by atoms with van der Waals surface area (Å²) >= 11 is 0. The number of allylic oxidation sites excluding steroid dienone is 1. The molecule has 0 saturated heterocycles. The van der Waals surface area contributed by atoms with Crippen molar-refractivity contribution in [1.29, 1.82) is 0 Å². The van der Waals surface area contributed by atoms with E-state index >= 15 is 0 Å². The maximum absolute atomic E-state index is 11.6. The Bertz CT molecular complexity index is 424. The van der Waals surface area contributed by atoms with Crippen molar-refractivity contribution in [3.63, 3.8) is 0 Å². The van der Waals surface area contributed by atoms with Crippen LogP contribution in [0.3, 0.4) is 0 Å². The summed E-state index contributed by atoms with van der Waals surface area (Å²) in [5, 5.41) is 0. The Labute approximate surface area is 101 Å². The lowest BCUT2D eigenvalue weighted by molar-refractivity contribution is 0.0596. The number of rotatable bonds is 5. The molecule has 0 saturated carbocycles. The molecular formula is C13H16O4. The second kappa shape index (κ2) is 5.94. The average molecular weight is 236 g/mol. The van der Waals surface area contributed by atoms with Crippen molar-refractivity contribution in [3.8, 4) is 11.5 Å². The normalized spacial score (nSPS) is 9.59. The van der Waals surface area contributed by atoms with Crippen LogP contribution in [0.15, 0.2) is 24.8 Å². The van der Waals surface area contributed by atoms with E-state index in [0.717, 1.165) is 5.56 Å². The summed E-state index contributed by atoms with van der Waals surface area (Å²) in [5.41, 5.74) is 1.27. The van der Waals surface area contributed by atoms with Gasteiger partial charge in [0.25, 0.3) is 0 Å². The molecule has 0 N–H and O–H groups in total. The van der Waals surface area contributed by atoms with E-state index in [1.54, 1.807) is 12.1 Å². The monoisotopic (exact) mass is 236 g/mol. The minimum atomic E-state index is -0.453. The molecular weight excluding hydrogens is 220 g/mol. The first-order chi connectivity index (χ1) is 8.17. The van der Waals surface area contributed by atoms with Crippen LogP contribution in [0, 0.1) is 0 Å². The van der Waals surface area contributed by atoms with Crippen LogP contribution in [0.25, 0.3) is 0 Å². The van der Waals surface area contributed by atoms with Crippen LogP contribution in [-0.4, -0.2) is 27.3 Å². The predicted octanol–water partition coefficient (Wildman–Crippen LogP) is 2.22. The molecule has 1 rings (SSSR count). The van der Waals surface area contributed by atoms with Crippen molar-refractivity contribution in [2.75, 3.05) is 21.3 Å². The van der Waals surface area contributed by atoms with Crippen LogP contribution in [0.5, 0.6) is 11.5 Å². The summed E-state index contributed by atoms with van der Waals surface area (Å²) in [6.45, 7) is 3.66. The second-order valence-corrected chi connectivity index (χ2v) is 3.36. The van der Waals surface area contributed by atoms with Crippen molar-refractivity contribution in [1.82, 2.24) is 0 Å². The summed E-state index contributed by atoms with van der Waals surface area (Å²) in [6, 6.07) is 3.53. The van der Waals surface area contributed by atoms with Crippen molar-refractivity contribution >= 4 is 5.97 Å². The fraction of sp³-hybridized carbons (Fsp3) is 0.308. The minimum Gasteiger partial charge on any atom is -0.493 e. The molecule has 1 aromatic carbocycles. The number of hydrogen-bond donors (Lipinski definition) is 0. The molecule has 0 radical (unpaired) electrons. The van der Waals surface area contributed by atoms with Crippen molar-refractivity contribution in [2.24, 2.45) is 0 Å². The van der Waals surface area contributed by atoms with Gasteiger partial charge in [0.1, 0.15) is 5.56 Å². The lowest BCUT2D eigenvalue weighted by Crippen LogP contribution is -2.06. The van der Waals surface area contributed by atoms with Gasteiger partial charge >= 0.3 is 5.97 Å². The highest BCUT2D eigenvalue weighted by Crippen LogP contribution is 2.33. The molecule has 4 heteroatoms. The van der Waals surface area contributed by atoms with E-state index in [4.69, 9.17) is 14.2 Å². The topological polar surface area (TPSA) is 44.8 Å². The Hall–Kier alpha value is -1.97. The van der Waals surface area contributed by atoms with Gasteiger partial charge in [0.05, 0.1) is 21.3 Å². The SMILES string of the molecule is C=CCc1cc(OC)c(OC)c(C(=O)OC)c1. The Morgan fingerprint density at radius 2 is 2.00 bits per heavy atom. The Morgan fingerprint density at radius 3 is 2.47 bits per heavy atom. The summed E-state index contributed by atoms with van der Waals surface area (Å²) in [7, 11) is 4.34. The maximum Gasteiger partial charge on any atom is 0.341 e. The van der Waals surface area contributed by atoms with Gasteiger partial charge in [0.2, 0.25) is 0 Å². The molecule has 92 valence electrons. The van der Waals surface area contributed by atoms with Crippen molar-refractivity contribution in [2.45, 2.75) is 6.42 Å². The average Bonchev–Trinajstić information content (AvgIpc) is 2.37.